The molecule has 4 unspecified atom stereocenters. The highest BCUT2D eigenvalue weighted by molar-refractivity contribution is 6.26. The second kappa shape index (κ2) is 8.17. The average Bonchev–Trinajstić information content (AvgIpc) is 3.41. The van der Waals surface area contributed by atoms with E-state index in [1.165, 1.54) is 4.90 Å². The number of hydrogen-bond acceptors (Lipinski definition) is 4. The fourth-order valence-electron chi connectivity index (χ4n) is 6.24. The Hall–Kier alpha value is -4.71. The summed E-state index contributed by atoms with van der Waals surface area (Å²) in [5.41, 5.74) is 3.17. The molecule has 3 aliphatic heterocycles. The lowest BCUT2D eigenvalue weighted by molar-refractivity contribution is -0.128. The van der Waals surface area contributed by atoms with Crippen LogP contribution in [0.3, 0.4) is 0 Å². The molecule has 6 heteroatoms. The normalized spacial score (nSPS) is 23.7. The molecule has 0 radical (unpaired) electrons. The fraction of sp³-hybridized carbons (Fsp3) is 0.129. The van der Waals surface area contributed by atoms with E-state index in [9.17, 15) is 14.4 Å². The quantitative estimate of drug-likeness (QED) is 0.415. The molecule has 3 heterocycles. The van der Waals surface area contributed by atoms with E-state index in [0.717, 1.165) is 21.9 Å². The first-order chi connectivity index (χ1) is 18.1. The Morgan fingerprint density at radius 3 is 2.30 bits per heavy atom. The highest BCUT2D eigenvalue weighted by Gasteiger charge is 2.64. The van der Waals surface area contributed by atoms with Gasteiger partial charge in [-0.25, -0.2) is 4.90 Å². The zero-order valence-corrected chi connectivity index (χ0v) is 19.8. The van der Waals surface area contributed by atoms with Crippen LogP contribution in [0.15, 0.2) is 103 Å². The number of hydrogen-bond donors (Lipinski definition) is 1. The third-order valence-corrected chi connectivity index (χ3v) is 7.78. The SMILES string of the molecule is O=C(Nc1ccccc1)C1C2C(=O)N(c3cccc4ccccc34)C(=O)C2C2c3ccccc3C=CN12. The Kier molecular flexibility index (Phi) is 4.76. The van der Waals surface area contributed by atoms with Crippen LogP contribution in [-0.2, 0) is 14.4 Å². The zero-order valence-electron chi connectivity index (χ0n) is 19.8. The number of fused-ring (bicyclic) bond motifs is 6. The first-order valence-corrected chi connectivity index (χ1v) is 12.4. The molecule has 180 valence electrons. The van der Waals surface area contributed by atoms with E-state index < -0.39 is 23.9 Å². The number of para-hydroxylation sites is 1. The summed E-state index contributed by atoms with van der Waals surface area (Å²) in [7, 11) is 0. The minimum Gasteiger partial charge on any atom is -0.357 e. The average molecular weight is 486 g/mol. The third kappa shape index (κ3) is 3.15. The molecule has 3 amide bonds. The fourth-order valence-corrected chi connectivity index (χ4v) is 6.24. The molecule has 4 aromatic carbocycles. The number of nitrogens with zero attached hydrogens (tertiary/aromatic N) is 2. The van der Waals surface area contributed by atoms with E-state index in [0.29, 0.717) is 11.4 Å². The van der Waals surface area contributed by atoms with Crippen LogP contribution in [0.5, 0.6) is 0 Å². The minimum absolute atomic E-state index is 0.263. The van der Waals surface area contributed by atoms with Gasteiger partial charge in [0.25, 0.3) is 0 Å². The lowest BCUT2D eigenvalue weighted by atomic mass is 9.84. The van der Waals surface area contributed by atoms with Crippen molar-refractivity contribution in [3.05, 3.63) is 114 Å². The van der Waals surface area contributed by atoms with Crippen LogP contribution in [0.2, 0.25) is 0 Å². The Morgan fingerprint density at radius 1 is 0.730 bits per heavy atom. The van der Waals surface area contributed by atoms with E-state index in [4.69, 9.17) is 0 Å². The molecular formula is C31H23N3O3. The number of nitrogens with one attached hydrogen (secondary N) is 1. The topological polar surface area (TPSA) is 69.7 Å². The van der Waals surface area contributed by atoms with Crippen molar-refractivity contribution in [2.75, 3.05) is 10.2 Å². The molecule has 3 aliphatic rings. The van der Waals surface area contributed by atoms with Gasteiger partial charge >= 0.3 is 0 Å². The van der Waals surface area contributed by atoms with Crippen molar-refractivity contribution >= 4 is 45.9 Å². The first-order valence-electron chi connectivity index (χ1n) is 12.4. The number of rotatable bonds is 3. The summed E-state index contributed by atoms with van der Waals surface area (Å²) in [5.74, 6) is -2.38. The van der Waals surface area contributed by atoms with Gasteiger partial charge in [0, 0.05) is 17.3 Å². The van der Waals surface area contributed by atoms with Crippen molar-refractivity contribution in [1.29, 1.82) is 0 Å². The van der Waals surface area contributed by atoms with Crippen molar-refractivity contribution < 1.29 is 14.4 Å². The predicted molar refractivity (Wildman–Crippen MR) is 142 cm³/mol. The van der Waals surface area contributed by atoms with Gasteiger partial charge in [0.15, 0.2) is 0 Å². The number of benzene rings is 4. The summed E-state index contributed by atoms with van der Waals surface area (Å²) in [6.07, 6.45) is 3.82. The van der Waals surface area contributed by atoms with Gasteiger partial charge in [0.1, 0.15) is 6.04 Å². The summed E-state index contributed by atoms with van der Waals surface area (Å²) in [6, 6.07) is 29.2. The maximum atomic E-state index is 14.2. The van der Waals surface area contributed by atoms with E-state index in [1.54, 1.807) is 0 Å². The predicted octanol–water partition coefficient (Wildman–Crippen LogP) is 4.99. The first kappa shape index (κ1) is 21.6. The summed E-state index contributed by atoms with van der Waals surface area (Å²) in [6.45, 7) is 0. The molecule has 2 fully saturated rings. The van der Waals surface area contributed by atoms with Crippen LogP contribution in [0.25, 0.3) is 16.8 Å². The van der Waals surface area contributed by atoms with Crippen molar-refractivity contribution in [3.63, 3.8) is 0 Å². The second-order valence-corrected chi connectivity index (χ2v) is 9.70. The molecule has 0 bridgehead atoms. The number of imide groups is 1. The van der Waals surface area contributed by atoms with Gasteiger partial charge in [-0.2, -0.15) is 0 Å². The Labute approximate surface area is 213 Å². The molecule has 1 N–H and O–H groups in total. The molecule has 0 aliphatic carbocycles. The third-order valence-electron chi connectivity index (χ3n) is 7.78. The van der Waals surface area contributed by atoms with Gasteiger partial charge in [0.2, 0.25) is 17.7 Å². The van der Waals surface area contributed by atoms with Crippen LogP contribution in [0.4, 0.5) is 11.4 Å². The van der Waals surface area contributed by atoms with Gasteiger partial charge in [-0.1, -0.05) is 78.9 Å². The summed E-state index contributed by atoms with van der Waals surface area (Å²) >= 11 is 0. The largest absolute Gasteiger partial charge is 0.357 e. The second-order valence-electron chi connectivity index (χ2n) is 9.70. The van der Waals surface area contributed by atoms with Gasteiger partial charge in [0.05, 0.1) is 23.6 Å². The van der Waals surface area contributed by atoms with Gasteiger partial charge < -0.3 is 10.2 Å². The molecule has 0 aromatic heterocycles. The molecule has 4 atom stereocenters. The van der Waals surface area contributed by atoms with E-state index in [2.05, 4.69) is 5.32 Å². The number of carbonyl (C=O) groups excluding carboxylic acids is 3. The lowest BCUT2D eigenvalue weighted by Gasteiger charge is -2.35. The molecule has 7 rings (SSSR count). The molecule has 0 spiro atoms. The molecule has 6 nitrogen and oxygen atoms in total. The summed E-state index contributed by atoms with van der Waals surface area (Å²) < 4.78 is 0. The highest BCUT2D eigenvalue weighted by atomic mass is 16.2. The minimum atomic E-state index is -0.823. The maximum Gasteiger partial charge on any atom is 0.247 e. The Balaban J connectivity index is 1.36. The van der Waals surface area contributed by atoms with Crippen LogP contribution >= 0.6 is 0 Å². The molecule has 37 heavy (non-hydrogen) atoms. The number of anilines is 2. The maximum absolute atomic E-state index is 14.2. The zero-order chi connectivity index (χ0) is 25.1. The highest BCUT2D eigenvalue weighted by Crippen LogP contribution is 2.53. The van der Waals surface area contributed by atoms with Gasteiger partial charge in [-0.05, 0) is 40.8 Å². The van der Waals surface area contributed by atoms with Gasteiger partial charge in [-0.15, -0.1) is 0 Å². The van der Waals surface area contributed by atoms with E-state index in [-0.39, 0.29) is 17.7 Å². The monoisotopic (exact) mass is 485 g/mol. The standard InChI is InChI=1S/C31H23N3O3/c35-29(32-21-12-2-1-3-13-21)28-26-25(27-23-15-7-5-10-20(23)17-18-33(27)28)30(36)34(31(26)37)24-16-8-11-19-9-4-6-14-22(19)24/h1-18,25-28H,(H,32,35). The van der Waals surface area contributed by atoms with Crippen LogP contribution in [0.1, 0.15) is 17.2 Å². The Bertz CT molecular complexity index is 1610. The van der Waals surface area contributed by atoms with E-state index in [1.807, 2.05) is 114 Å². The van der Waals surface area contributed by atoms with Gasteiger partial charge in [-0.3, -0.25) is 14.4 Å². The molecule has 2 saturated heterocycles. The Morgan fingerprint density at radius 2 is 1.43 bits per heavy atom. The summed E-state index contributed by atoms with van der Waals surface area (Å²) in [4.78, 5) is 45.3. The van der Waals surface area contributed by atoms with Crippen molar-refractivity contribution in [2.24, 2.45) is 11.8 Å². The van der Waals surface area contributed by atoms with Crippen LogP contribution in [0, 0.1) is 11.8 Å². The van der Waals surface area contributed by atoms with Crippen LogP contribution < -0.4 is 10.2 Å². The number of carbonyl (C=O) groups is 3. The van der Waals surface area contributed by atoms with E-state index >= 15 is 0 Å². The summed E-state index contributed by atoms with van der Waals surface area (Å²) in [5, 5.41) is 4.76. The lowest BCUT2D eigenvalue weighted by Crippen LogP contribution is -2.46. The smallest absolute Gasteiger partial charge is 0.247 e. The number of amides is 3. The molecule has 4 aromatic rings. The molecular weight excluding hydrogens is 462 g/mol. The van der Waals surface area contributed by atoms with Crippen molar-refractivity contribution in [3.8, 4) is 0 Å². The van der Waals surface area contributed by atoms with Crippen molar-refractivity contribution in [2.45, 2.75) is 12.1 Å². The van der Waals surface area contributed by atoms with Crippen molar-refractivity contribution in [1.82, 2.24) is 4.90 Å². The molecule has 0 saturated carbocycles. The van der Waals surface area contributed by atoms with Crippen LogP contribution in [-0.4, -0.2) is 28.7 Å².